The number of amides is 1. The Morgan fingerprint density at radius 3 is 2.89 bits per heavy atom. The summed E-state index contributed by atoms with van der Waals surface area (Å²) < 4.78 is 13.2. The van der Waals surface area contributed by atoms with Gasteiger partial charge in [-0.1, -0.05) is 0 Å². The van der Waals surface area contributed by atoms with E-state index in [-0.39, 0.29) is 29.2 Å². The molecule has 2 aromatic rings. The molecule has 0 radical (unpaired) electrons. The highest BCUT2D eigenvalue weighted by atomic mass is 79.9. The van der Waals surface area contributed by atoms with E-state index in [0.717, 1.165) is 52.7 Å². The lowest BCUT2D eigenvalue weighted by Gasteiger charge is -2.59. The van der Waals surface area contributed by atoms with Crippen LogP contribution in [-0.4, -0.2) is 65.6 Å². The van der Waals surface area contributed by atoms with Crippen LogP contribution in [0.3, 0.4) is 0 Å². The Kier molecular flexibility index (Phi) is 5.73. The number of likely N-dealkylation sites (N-methyl/N-ethyl adjacent to an activating group) is 2. The molecule has 2 aliphatic carbocycles. The zero-order valence-electron chi connectivity index (χ0n) is 20.5. The summed E-state index contributed by atoms with van der Waals surface area (Å²) in [6, 6.07) is 3.67. The summed E-state index contributed by atoms with van der Waals surface area (Å²) >= 11 is 5.03. The highest BCUT2D eigenvalue weighted by Crippen LogP contribution is 2.65. The summed E-state index contributed by atoms with van der Waals surface area (Å²) in [5, 5.41) is 13.0. The molecule has 7 nitrogen and oxygen atoms in total. The average Bonchev–Trinajstić information content (AvgIpc) is 3.41. The number of nitrogens with zero attached hydrogens (tertiary/aromatic N) is 2. The fourth-order valence-corrected chi connectivity index (χ4v) is 8.59. The summed E-state index contributed by atoms with van der Waals surface area (Å²) in [5.41, 5.74) is 1.64. The zero-order valence-corrected chi connectivity index (χ0v) is 22.9. The molecule has 2 aliphatic heterocycles. The van der Waals surface area contributed by atoms with E-state index >= 15 is 0 Å². The van der Waals surface area contributed by atoms with Gasteiger partial charge >= 0.3 is 5.97 Å². The maximum atomic E-state index is 13.3. The molecule has 1 spiro atoms. The van der Waals surface area contributed by atoms with Gasteiger partial charge in [0.15, 0.2) is 11.5 Å². The highest BCUT2D eigenvalue weighted by molar-refractivity contribution is 9.10. The van der Waals surface area contributed by atoms with Crippen LogP contribution >= 0.6 is 27.3 Å². The lowest BCUT2D eigenvalue weighted by Crippen LogP contribution is -2.68. The number of benzene rings is 1. The number of aromatic hydroxyl groups is 1. The van der Waals surface area contributed by atoms with Crippen molar-refractivity contribution in [2.75, 3.05) is 20.6 Å². The van der Waals surface area contributed by atoms with Crippen molar-refractivity contribution in [3.05, 3.63) is 44.1 Å². The maximum Gasteiger partial charge on any atom is 0.308 e. The molecule has 2 bridgehead atoms. The highest BCUT2D eigenvalue weighted by Gasteiger charge is 2.66. The molecule has 6 rings (SSSR count). The molecule has 190 valence electrons. The van der Waals surface area contributed by atoms with Gasteiger partial charge < -0.3 is 24.4 Å². The van der Waals surface area contributed by atoms with E-state index in [1.165, 1.54) is 13.0 Å². The Bertz CT molecular complexity index is 1290. The minimum absolute atomic E-state index is 0.000741. The van der Waals surface area contributed by atoms with E-state index in [9.17, 15) is 14.7 Å². The molecule has 36 heavy (non-hydrogen) atoms. The average molecular weight is 574 g/mol. The minimum Gasteiger partial charge on any atom is -0.504 e. The van der Waals surface area contributed by atoms with Crippen LogP contribution in [-0.2, 0) is 21.4 Å². The monoisotopic (exact) mass is 572 g/mol. The lowest BCUT2D eigenvalue weighted by atomic mass is 9.51. The van der Waals surface area contributed by atoms with Crippen molar-refractivity contribution >= 4 is 45.2 Å². The van der Waals surface area contributed by atoms with Crippen molar-refractivity contribution in [3.63, 3.8) is 0 Å². The Morgan fingerprint density at radius 2 is 2.17 bits per heavy atom. The topological polar surface area (TPSA) is 79.3 Å². The van der Waals surface area contributed by atoms with E-state index in [1.54, 1.807) is 17.4 Å². The van der Waals surface area contributed by atoms with Crippen LogP contribution in [0, 0.1) is 5.92 Å². The summed E-state index contributed by atoms with van der Waals surface area (Å²) in [5.74, 6) is 0.810. The van der Waals surface area contributed by atoms with Crippen molar-refractivity contribution < 1.29 is 24.2 Å². The molecule has 9 heteroatoms. The number of thiophene rings is 1. The standard InChI is InChI=1S/C27H29BrN2O5S/c1-14(31)34-22-12-21(32)25-24-17(22)11-20-18-5-6-19(26(35-25)27(18,24)8-9-29(20)2)30(3)23(33)7-4-16-10-15(28)13-36-16/h4,7,10,12-13,18-20,26,32H,5-6,8-9,11H2,1-3H3/b7-4+/t18-,19-,20+,26-,27-/m0/s1. The van der Waals surface area contributed by atoms with Crippen LogP contribution in [0.1, 0.15) is 42.2 Å². The van der Waals surface area contributed by atoms with E-state index < -0.39 is 5.97 Å². The molecule has 2 fully saturated rings. The number of rotatable bonds is 4. The molecule has 4 aliphatic rings. The van der Waals surface area contributed by atoms with Gasteiger partial charge in [0.1, 0.15) is 11.9 Å². The third kappa shape index (κ3) is 3.46. The first-order valence-electron chi connectivity index (χ1n) is 12.3. The second-order valence-corrected chi connectivity index (χ2v) is 12.3. The number of esters is 1. The molecule has 1 saturated heterocycles. The van der Waals surface area contributed by atoms with Gasteiger partial charge in [-0.2, -0.15) is 0 Å². The number of carbonyl (C=O) groups excluding carboxylic acids is 2. The van der Waals surface area contributed by atoms with Gasteiger partial charge in [-0.25, -0.2) is 0 Å². The van der Waals surface area contributed by atoms with Crippen LogP contribution in [0.15, 0.2) is 28.1 Å². The zero-order chi connectivity index (χ0) is 25.4. The van der Waals surface area contributed by atoms with Crippen LogP contribution in [0.25, 0.3) is 6.08 Å². The molecule has 1 amide bonds. The second-order valence-electron chi connectivity index (χ2n) is 10.5. The van der Waals surface area contributed by atoms with Crippen LogP contribution < -0.4 is 9.47 Å². The molecule has 1 aromatic heterocycles. The van der Waals surface area contributed by atoms with Crippen molar-refractivity contribution in [1.82, 2.24) is 9.80 Å². The molecule has 5 atom stereocenters. The fourth-order valence-electron chi connectivity index (χ4n) is 7.25. The number of likely N-dealkylation sites (tertiary alicyclic amines) is 1. The molecular formula is C27H29BrN2O5S. The minimum atomic E-state index is -0.407. The summed E-state index contributed by atoms with van der Waals surface area (Å²) in [6.45, 7) is 2.29. The first kappa shape index (κ1) is 24.0. The molecule has 1 saturated carbocycles. The van der Waals surface area contributed by atoms with Gasteiger partial charge in [-0.3, -0.25) is 9.59 Å². The van der Waals surface area contributed by atoms with Crippen molar-refractivity contribution in [1.29, 1.82) is 0 Å². The normalized spacial score (nSPS) is 30.1. The number of carbonyl (C=O) groups is 2. The number of phenols is 1. The third-order valence-corrected chi connectivity index (χ3v) is 10.4. The number of halogens is 1. The molecule has 3 heterocycles. The number of piperidine rings is 1. The largest absolute Gasteiger partial charge is 0.504 e. The van der Waals surface area contributed by atoms with Gasteiger partial charge in [0.25, 0.3) is 0 Å². The molecule has 1 aromatic carbocycles. The SMILES string of the molecule is CC(=O)Oc1cc(O)c2c3c1C[C@@H]1[C@@H]4CC[C@H](N(C)C(=O)/C=C/c5cc(Br)cs5)[C@H](O2)[C@]34CCN1C. The van der Waals surface area contributed by atoms with Crippen LogP contribution in [0.2, 0.25) is 0 Å². The van der Waals surface area contributed by atoms with Crippen molar-refractivity contribution in [3.8, 4) is 17.2 Å². The second kappa shape index (κ2) is 8.60. The summed E-state index contributed by atoms with van der Waals surface area (Å²) in [7, 11) is 4.01. The van der Waals surface area contributed by atoms with Crippen LogP contribution in [0.5, 0.6) is 17.2 Å². The molecule has 0 unspecified atom stereocenters. The van der Waals surface area contributed by atoms with Crippen molar-refractivity contribution in [2.45, 2.75) is 56.2 Å². The van der Waals surface area contributed by atoms with E-state index in [4.69, 9.17) is 9.47 Å². The van der Waals surface area contributed by atoms with Gasteiger partial charge in [0.2, 0.25) is 5.91 Å². The third-order valence-electron chi connectivity index (χ3n) is 8.73. The van der Waals surface area contributed by atoms with Crippen molar-refractivity contribution in [2.24, 2.45) is 5.92 Å². The smallest absolute Gasteiger partial charge is 0.308 e. The van der Waals surface area contributed by atoms with Gasteiger partial charge in [0.05, 0.1) is 6.04 Å². The quantitative estimate of drug-likeness (QED) is 0.333. The van der Waals surface area contributed by atoms with Gasteiger partial charge in [-0.05, 0) is 73.3 Å². The summed E-state index contributed by atoms with van der Waals surface area (Å²) in [6.07, 6.45) is 6.64. The first-order valence-corrected chi connectivity index (χ1v) is 14.0. The Morgan fingerprint density at radius 1 is 1.36 bits per heavy atom. The first-order chi connectivity index (χ1) is 17.2. The summed E-state index contributed by atoms with van der Waals surface area (Å²) in [4.78, 5) is 30.4. The van der Waals surface area contributed by atoms with Crippen LogP contribution in [0.4, 0.5) is 0 Å². The number of phenolic OH excluding ortho intramolecular Hbond substituents is 1. The number of hydrogen-bond acceptors (Lipinski definition) is 7. The number of ether oxygens (including phenoxy) is 2. The Hall–Kier alpha value is -2.36. The van der Waals surface area contributed by atoms with E-state index in [1.807, 2.05) is 29.5 Å². The predicted octanol–water partition coefficient (Wildman–Crippen LogP) is 4.35. The van der Waals surface area contributed by atoms with E-state index in [0.29, 0.717) is 23.5 Å². The van der Waals surface area contributed by atoms with E-state index in [2.05, 4.69) is 27.9 Å². The number of hydrogen-bond donors (Lipinski definition) is 1. The Labute approximate surface area is 222 Å². The Balaban J connectivity index is 1.40. The maximum absolute atomic E-state index is 13.3. The lowest BCUT2D eigenvalue weighted by molar-refractivity contribution is -0.135. The molecule has 1 N–H and O–H groups in total. The predicted molar refractivity (Wildman–Crippen MR) is 141 cm³/mol. The van der Waals surface area contributed by atoms with Gasteiger partial charge in [-0.15, -0.1) is 11.3 Å². The van der Waals surface area contributed by atoms with Gasteiger partial charge in [0, 0.05) is 63.4 Å². The molecular weight excluding hydrogens is 544 g/mol. The fraction of sp³-hybridized carbons (Fsp3) is 0.481.